The van der Waals surface area contributed by atoms with Gasteiger partial charge in [0.2, 0.25) is 0 Å². The molecule has 1 aliphatic heterocycles. The van der Waals surface area contributed by atoms with Gasteiger partial charge in [0, 0.05) is 30.4 Å². The number of likely N-dealkylation sites (tertiary alicyclic amines) is 1. The molecule has 1 saturated heterocycles. The molecular formula is C23H25N3O4S. The van der Waals surface area contributed by atoms with E-state index in [1.54, 1.807) is 6.92 Å². The molecule has 3 aromatic rings. The van der Waals surface area contributed by atoms with Crippen LogP contribution in [0.3, 0.4) is 0 Å². The predicted octanol–water partition coefficient (Wildman–Crippen LogP) is 4.47. The van der Waals surface area contributed by atoms with Crippen LogP contribution in [0.25, 0.3) is 11.1 Å². The van der Waals surface area contributed by atoms with Crippen molar-refractivity contribution in [2.24, 2.45) is 0 Å². The summed E-state index contributed by atoms with van der Waals surface area (Å²) in [6, 6.07) is 15.2. The third-order valence-electron chi connectivity index (χ3n) is 5.18. The van der Waals surface area contributed by atoms with Crippen LogP contribution < -0.4 is 5.32 Å². The number of para-hydroxylation sites is 2. The number of rotatable bonds is 6. The van der Waals surface area contributed by atoms with Crippen molar-refractivity contribution >= 4 is 34.9 Å². The molecule has 0 saturated carbocycles. The molecule has 1 aliphatic rings. The zero-order chi connectivity index (χ0) is 21.6. The summed E-state index contributed by atoms with van der Waals surface area (Å²) in [4.78, 5) is 31.3. The van der Waals surface area contributed by atoms with Crippen molar-refractivity contribution in [3.63, 3.8) is 0 Å². The molecule has 1 unspecified atom stereocenters. The molecule has 2 aromatic carbocycles. The number of benzene rings is 2. The number of amides is 2. The minimum absolute atomic E-state index is 0.0240. The molecule has 2 heterocycles. The molecule has 0 spiro atoms. The number of nitrogens with one attached hydrogen (secondary N) is 1. The number of carbonyl (C=O) groups is 2. The number of thioether (sulfide) groups is 1. The minimum Gasteiger partial charge on any atom is -0.450 e. The predicted molar refractivity (Wildman–Crippen MR) is 119 cm³/mol. The molecule has 31 heavy (non-hydrogen) atoms. The summed E-state index contributed by atoms with van der Waals surface area (Å²) < 4.78 is 10.8. The van der Waals surface area contributed by atoms with Crippen LogP contribution in [0.15, 0.2) is 58.2 Å². The van der Waals surface area contributed by atoms with Crippen molar-refractivity contribution in [3.8, 4) is 0 Å². The van der Waals surface area contributed by atoms with Gasteiger partial charge in [0.1, 0.15) is 5.52 Å². The van der Waals surface area contributed by atoms with Gasteiger partial charge < -0.3 is 19.4 Å². The van der Waals surface area contributed by atoms with Crippen LogP contribution >= 0.6 is 11.8 Å². The second-order valence-electron chi connectivity index (χ2n) is 7.35. The number of carbonyl (C=O) groups excluding carboxylic acids is 2. The molecule has 7 nitrogen and oxygen atoms in total. The monoisotopic (exact) mass is 439 g/mol. The third kappa shape index (κ3) is 5.19. The Morgan fingerprint density at radius 1 is 1.23 bits per heavy atom. The van der Waals surface area contributed by atoms with Crippen LogP contribution in [0.1, 0.15) is 35.7 Å². The van der Waals surface area contributed by atoms with Gasteiger partial charge in [-0.1, -0.05) is 42.1 Å². The first-order valence-corrected chi connectivity index (χ1v) is 11.4. The van der Waals surface area contributed by atoms with Crippen LogP contribution in [0.5, 0.6) is 0 Å². The summed E-state index contributed by atoms with van der Waals surface area (Å²) in [5.74, 6) is 0.553. The second kappa shape index (κ2) is 9.87. The maximum atomic E-state index is 13.3. The molecule has 162 valence electrons. The third-order valence-corrected chi connectivity index (χ3v) is 6.06. The second-order valence-corrected chi connectivity index (χ2v) is 8.28. The van der Waals surface area contributed by atoms with Crippen molar-refractivity contribution in [1.82, 2.24) is 15.2 Å². The molecule has 0 aliphatic carbocycles. The number of ether oxygens (including phenoxy) is 1. The molecular weight excluding hydrogens is 414 g/mol. The number of oxazole rings is 1. The number of aromatic nitrogens is 1. The first-order chi connectivity index (χ1) is 15.1. The van der Waals surface area contributed by atoms with E-state index in [9.17, 15) is 9.59 Å². The highest BCUT2D eigenvalue weighted by molar-refractivity contribution is 7.98. The van der Waals surface area contributed by atoms with Crippen LogP contribution in [0.2, 0.25) is 0 Å². The lowest BCUT2D eigenvalue weighted by Gasteiger charge is -2.33. The highest BCUT2D eigenvalue weighted by atomic mass is 32.2. The van der Waals surface area contributed by atoms with E-state index in [-0.39, 0.29) is 11.9 Å². The Labute approximate surface area is 185 Å². The number of hydrogen-bond donors (Lipinski definition) is 1. The summed E-state index contributed by atoms with van der Waals surface area (Å²) in [7, 11) is 0. The normalized spacial score (nSPS) is 16.3. The van der Waals surface area contributed by atoms with E-state index in [4.69, 9.17) is 9.15 Å². The average molecular weight is 440 g/mol. The van der Waals surface area contributed by atoms with E-state index < -0.39 is 6.09 Å². The standard InChI is InChI=1S/C23H25N3O4S/c1-2-29-22(28)24-17-9-7-13-26(14-17)21(27)18-10-4-3-8-16(18)15-31-23-25-19-11-5-6-12-20(19)30-23/h3-6,8,10-12,17H,2,7,9,13-15H2,1H3,(H,24,28). The summed E-state index contributed by atoms with van der Waals surface area (Å²) in [5, 5.41) is 3.43. The van der Waals surface area contributed by atoms with E-state index in [1.165, 1.54) is 11.8 Å². The zero-order valence-electron chi connectivity index (χ0n) is 17.4. The van der Waals surface area contributed by atoms with Gasteiger partial charge in [0.15, 0.2) is 5.58 Å². The number of piperidine rings is 1. The van der Waals surface area contributed by atoms with Crippen molar-refractivity contribution in [3.05, 3.63) is 59.7 Å². The van der Waals surface area contributed by atoms with Gasteiger partial charge in [-0.2, -0.15) is 0 Å². The molecule has 4 rings (SSSR count). The van der Waals surface area contributed by atoms with Crippen molar-refractivity contribution in [1.29, 1.82) is 0 Å². The lowest BCUT2D eigenvalue weighted by molar-refractivity contribution is 0.0685. The Balaban J connectivity index is 1.43. The van der Waals surface area contributed by atoms with E-state index >= 15 is 0 Å². The quantitative estimate of drug-likeness (QED) is 0.571. The summed E-state index contributed by atoms with van der Waals surface area (Å²) in [6.07, 6.45) is 1.23. The van der Waals surface area contributed by atoms with E-state index in [0.29, 0.717) is 36.2 Å². The van der Waals surface area contributed by atoms with Gasteiger partial charge in [-0.05, 0) is 43.5 Å². The molecule has 1 aromatic heterocycles. The highest BCUT2D eigenvalue weighted by Crippen LogP contribution is 2.28. The topological polar surface area (TPSA) is 84.7 Å². The van der Waals surface area contributed by atoms with Gasteiger partial charge in [0.05, 0.1) is 6.61 Å². The smallest absolute Gasteiger partial charge is 0.407 e. The van der Waals surface area contributed by atoms with Crippen molar-refractivity contribution in [2.45, 2.75) is 36.8 Å². The van der Waals surface area contributed by atoms with Crippen LogP contribution in [0.4, 0.5) is 4.79 Å². The van der Waals surface area contributed by atoms with E-state index in [1.807, 2.05) is 53.4 Å². The molecule has 1 atom stereocenters. The Kier molecular flexibility index (Phi) is 6.76. The number of alkyl carbamates (subject to hydrolysis) is 1. The van der Waals surface area contributed by atoms with Gasteiger partial charge in [-0.3, -0.25) is 4.79 Å². The first kappa shape index (κ1) is 21.2. The number of fused-ring (bicyclic) bond motifs is 1. The maximum Gasteiger partial charge on any atom is 0.407 e. The maximum absolute atomic E-state index is 13.3. The van der Waals surface area contributed by atoms with Crippen molar-refractivity contribution < 1.29 is 18.7 Å². The summed E-state index contributed by atoms with van der Waals surface area (Å²) >= 11 is 1.47. The molecule has 8 heteroatoms. The Morgan fingerprint density at radius 3 is 2.87 bits per heavy atom. The molecule has 2 amide bonds. The zero-order valence-corrected chi connectivity index (χ0v) is 18.2. The van der Waals surface area contributed by atoms with Gasteiger partial charge in [-0.25, -0.2) is 9.78 Å². The van der Waals surface area contributed by atoms with E-state index in [2.05, 4.69) is 10.3 Å². The fourth-order valence-corrected chi connectivity index (χ4v) is 4.54. The van der Waals surface area contributed by atoms with Crippen LogP contribution in [0, 0.1) is 0 Å². The summed E-state index contributed by atoms with van der Waals surface area (Å²) in [5.41, 5.74) is 3.17. The highest BCUT2D eigenvalue weighted by Gasteiger charge is 2.27. The lowest BCUT2D eigenvalue weighted by atomic mass is 10.0. The largest absolute Gasteiger partial charge is 0.450 e. The molecule has 0 radical (unpaired) electrons. The van der Waals surface area contributed by atoms with Crippen LogP contribution in [-0.4, -0.2) is 47.6 Å². The minimum atomic E-state index is -0.433. The lowest BCUT2D eigenvalue weighted by Crippen LogP contribution is -2.49. The van der Waals surface area contributed by atoms with Crippen LogP contribution in [-0.2, 0) is 10.5 Å². The number of hydrogen-bond acceptors (Lipinski definition) is 6. The van der Waals surface area contributed by atoms with Crippen molar-refractivity contribution in [2.75, 3.05) is 19.7 Å². The average Bonchev–Trinajstić information content (AvgIpc) is 3.21. The van der Waals surface area contributed by atoms with Gasteiger partial charge in [-0.15, -0.1) is 0 Å². The van der Waals surface area contributed by atoms with E-state index in [0.717, 1.165) is 29.5 Å². The first-order valence-electron chi connectivity index (χ1n) is 10.4. The fourth-order valence-electron chi connectivity index (χ4n) is 3.70. The Morgan fingerprint density at radius 2 is 2.03 bits per heavy atom. The summed E-state index contributed by atoms with van der Waals surface area (Å²) in [6.45, 7) is 3.25. The molecule has 0 bridgehead atoms. The Bertz CT molecular complexity index is 1030. The SMILES string of the molecule is CCOC(=O)NC1CCCN(C(=O)c2ccccc2CSc2nc3ccccc3o2)C1. The van der Waals surface area contributed by atoms with Gasteiger partial charge in [0.25, 0.3) is 11.1 Å². The van der Waals surface area contributed by atoms with Gasteiger partial charge >= 0.3 is 6.09 Å². The Hall–Kier alpha value is -3.00. The number of nitrogens with zero attached hydrogens (tertiary/aromatic N) is 2. The molecule has 1 N–H and O–H groups in total. The fraction of sp³-hybridized carbons (Fsp3) is 0.348. The molecule has 1 fully saturated rings.